The van der Waals surface area contributed by atoms with Gasteiger partial charge in [0.1, 0.15) is 0 Å². The van der Waals surface area contributed by atoms with Gasteiger partial charge in [0.25, 0.3) is 5.91 Å². The number of aromatic nitrogens is 2. The zero-order chi connectivity index (χ0) is 14.9. The van der Waals surface area contributed by atoms with Gasteiger partial charge in [-0.15, -0.1) is 10.2 Å². The van der Waals surface area contributed by atoms with Gasteiger partial charge in [0.15, 0.2) is 11.5 Å². The van der Waals surface area contributed by atoms with E-state index in [1.807, 2.05) is 28.8 Å². The van der Waals surface area contributed by atoms with Crippen LogP contribution in [-0.2, 0) is 0 Å². The first kappa shape index (κ1) is 14.6. The number of nitrogens with zero attached hydrogens (tertiary/aromatic N) is 4. The number of carbonyl (C=O) groups is 1. The third-order valence-corrected chi connectivity index (χ3v) is 5.31. The van der Waals surface area contributed by atoms with Gasteiger partial charge < -0.3 is 9.80 Å². The fourth-order valence-corrected chi connectivity index (χ4v) is 4.02. The van der Waals surface area contributed by atoms with Crippen molar-refractivity contribution < 1.29 is 4.79 Å². The molecule has 2 saturated heterocycles. The van der Waals surface area contributed by atoms with Crippen LogP contribution in [0.3, 0.4) is 0 Å². The summed E-state index contributed by atoms with van der Waals surface area (Å²) < 4.78 is 0.122. The Morgan fingerprint density at radius 3 is 2.57 bits per heavy atom. The Balaban J connectivity index is 1.69. The molecule has 2 aliphatic heterocycles. The van der Waals surface area contributed by atoms with Crippen molar-refractivity contribution >= 4 is 23.5 Å². The lowest BCUT2D eigenvalue weighted by atomic mass is 10.1. The Morgan fingerprint density at radius 1 is 1.19 bits per heavy atom. The summed E-state index contributed by atoms with van der Waals surface area (Å²) in [6.07, 6.45) is 2.42. The summed E-state index contributed by atoms with van der Waals surface area (Å²) in [4.78, 5) is 16.6. The molecular formula is C15H22N4OS. The van der Waals surface area contributed by atoms with E-state index in [2.05, 4.69) is 28.9 Å². The average Bonchev–Trinajstić information content (AvgIpc) is 3.00. The van der Waals surface area contributed by atoms with Crippen molar-refractivity contribution in [3.8, 4) is 0 Å². The van der Waals surface area contributed by atoms with Crippen molar-refractivity contribution in [2.45, 2.75) is 31.4 Å². The minimum atomic E-state index is 0.00356. The summed E-state index contributed by atoms with van der Waals surface area (Å²) in [6.45, 7) is 8.01. The fourth-order valence-electron chi connectivity index (χ4n) is 2.91. The molecule has 0 aliphatic carbocycles. The summed E-state index contributed by atoms with van der Waals surface area (Å²) in [5.74, 6) is 1.88. The van der Waals surface area contributed by atoms with E-state index in [9.17, 15) is 4.79 Å². The first-order chi connectivity index (χ1) is 10.1. The summed E-state index contributed by atoms with van der Waals surface area (Å²) in [5, 5.41) is 8.39. The maximum absolute atomic E-state index is 12.5. The molecule has 21 heavy (non-hydrogen) atoms. The van der Waals surface area contributed by atoms with E-state index in [0.29, 0.717) is 5.69 Å². The molecule has 2 aliphatic rings. The van der Waals surface area contributed by atoms with Crippen LogP contribution in [-0.4, -0.2) is 57.7 Å². The highest BCUT2D eigenvalue weighted by Crippen LogP contribution is 2.30. The van der Waals surface area contributed by atoms with E-state index in [1.165, 1.54) is 12.8 Å². The second-order valence-corrected chi connectivity index (χ2v) is 8.11. The third kappa shape index (κ3) is 3.31. The average molecular weight is 306 g/mol. The van der Waals surface area contributed by atoms with Crippen LogP contribution in [0.15, 0.2) is 12.1 Å². The predicted molar refractivity (Wildman–Crippen MR) is 85.9 cm³/mol. The quantitative estimate of drug-likeness (QED) is 0.837. The van der Waals surface area contributed by atoms with Gasteiger partial charge in [0.2, 0.25) is 0 Å². The molecule has 3 heterocycles. The minimum Gasteiger partial charge on any atom is -0.355 e. The van der Waals surface area contributed by atoms with Crippen molar-refractivity contribution in [3.63, 3.8) is 0 Å². The molecule has 0 atom stereocenters. The van der Waals surface area contributed by atoms with E-state index in [0.717, 1.165) is 37.7 Å². The number of hydrogen-bond acceptors (Lipinski definition) is 5. The van der Waals surface area contributed by atoms with Crippen molar-refractivity contribution in [2.75, 3.05) is 36.8 Å². The Labute approximate surface area is 130 Å². The molecule has 0 radical (unpaired) electrons. The maximum atomic E-state index is 12.5. The normalized spacial score (nSPS) is 21.6. The van der Waals surface area contributed by atoms with E-state index in [1.54, 1.807) is 0 Å². The van der Waals surface area contributed by atoms with Gasteiger partial charge in [-0.2, -0.15) is 11.8 Å². The lowest BCUT2D eigenvalue weighted by Gasteiger charge is -2.37. The van der Waals surface area contributed by atoms with Crippen LogP contribution in [0.25, 0.3) is 0 Å². The monoisotopic (exact) mass is 306 g/mol. The standard InChI is InChI=1S/C15H22N4OS/c1-15(2)11-19(9-10-21-15)14(20)12-5-6-13(17-16-12)18-7-3-4-8-18/h5-6H,3-4,7-11H2,1-2H3. The second kappa shape index (κ2) is 5.83. The van der Waals surface area contributed by atoms with Crippen molar-refractivity contribution in [1.29, 1.82) is 0 Å². The number of hydrogen-bond donors (Lipinski definition) is 0. The maximum Gasteiger partial charge on any atom is 0.274 e. The van der Waals surface area contributed by atoms with Crippen LogP contribution in [0.2, 0.25) is 0 Å². The van der Waals surface area contributed by atoms with Crippen LogP contribution in [0, 0.1) is 0 Å². The first-order valence-electron chi connectivity index (χ1n) is 7.57. The molecule has 0 bridgehead atoms. The van der Waals surface area contributed by atoms with Gasteiger partial charge >= 0.3 is 0 Å². The van der Waals surface area contributed by atoms with Gasteiger partial charge in [-0.3, -0.25) is 4.79 Å². The molecule has 0 aromatic carbocycles. The number of thioether (sulfide) groups is 1. The highest BCUT2D eigenvalue weighted by molar-refractivity contribution is 8.00. The summed E-state index contributed by atoms with van der Waals surface area (Å²) in [6, 6.07) is 3.74. The van der Waals surface area contributed by atoms with Crippen molar-refractivity contribution in [3.05, 3.63) is 17.8 Å². The lowest BCUT2D eigenvalue weighted by Crippen LogP contribution is -2.46. The topological polar surface area (TPSA) is 49.3 Å². The van der Waals surface area contributed by atoms with E-state index < -0.39 is 0 Å². The lowest BCUT2D eigenvalue weighted by molar-refractivity contribution is 0.0741. The van der Waals surface area contributed by atoms with Crippen LogP contribution in [0.5, 0.6) is 0 Å². The molecule has 0 spiro atoms. The van der Waals surface area contributed by atoms with Crippen molar-refractivity contribution in [2.24, 2.45) is 0 Å². The molecule has 1 aromatic heterocycles. The van der Waals surface area contributed by atoms with Gasteiger partial charge in [-0.05, 0) is 38.8 Å². The van der Waals surface area contributed by atoms with Gasteiger partial charge in [0.05, 0.1) is 0 Å². The Hall–Kier alpha value is -1.30. The number of rotatable bonds is 2. The summed E-state index contributed by atoms with van der Waals surface area (Å²) >= 11 is 1.92. The third-order valence-electron chi connectivity index (χ3n) is 4.01. The molecule has 3 rings (SSSR count). The molecule has 0 saturated carbocycles. The second-order valence-electron chi connectivity index (χ2n) is 6.31. The predicted octanol–water partition coefficient (Wildman–Crippen LogP) is 2.04. The number of amides is 1. The van der Waals surface area contributed by atoms with Crippen LogP contribution in [0.4, 0.5) is 5.82 Å². The molecule has 1 aromatic rings. The molecule has 0 N–H and O–H groups in total. The molecule has 5 nitrogen and oxygen atoms in total. The Bertz CT molecular complexity index is 511. The largest absolute Gasteiger partial charge is 0.355 e. The molecule has 6 heteroatoms. The van der Waals surface area contributed by atoms with Gasteiger partial charge in [-0.1, -0.05) is 0 Å². The molecule has 114 valence electrons. The van der Waals surface area contributed by atoms with Crippen molar-refractivity contribution in [1.82, 2.24) is 15.1 Å². The molecule has 2 fully saturated rings. The minimum absolute atomic E-state index is 0.00356. The Morgan fingerprint density at radius 2 is 1.95 bits per heavy atom. The number of anilines is 1. The van der Waals surface area contributed by atoms with E-state index >= 15 is 0 Å². The number of carbonyl (C=O) groups excluding carboxylic acids is 1. The first-order valence-corrected chi connectivity index (χ1v) is 8.56. The van der Waals surface area contributed by atoms with E-state index in [4.69, 9.17) is 0 Å². The fraction of sp³-hybridized carbons (Fsp3) is 0.667. The summed E-state index contributed by atoms with van der Waals surface area (Å²) in [5.41, 5.74) is 0.459. The van der Waals surface area contributed by atoms with Crippen LogP contribution >= 0.6 is 11.8 Å². The molecule has 1 amide bonds. The van der Waals surface area contributed by atoms with Gasteiger partial charge in [-0.25, -0.2) is 0 Å². The zero-order valence-corrected chi connectivity index (χ0v) is 13.5. The van der Waals surface area contributed by atoms with Crippen LogP contribution < -0.4 is 4.90 Å². The summed E-state index contributed by atoms with van der Waals surface area (Å²) in [7, 11) is 0. The highest BCUT2D eigenvalue weighted by atomic mass is 32.2. The highest BCUT2D eigenvalue weighted by Gasteiger charge is 2.30. The Kier molecular flexibility index (Phi) is 4.06. The SMILES string of the molecule is CC1(C)CN(C(=O)c2ccc(N3CCCC3)nn2)CCS1. The molecule has 0 unspecified atom stereocenters. The zero-order valence-electron chi connectivity index (χ0n) is 12.7. The van der Waals surface area contributed by atoms with Crippen LogP contribution in [0.1, 0.15) is 37.2 Å². The molecular weight excluding hydrogens is 284 g/mol. The smallest absolute Gasteiger partial charge is 0.274 e. The van der Waals surface area contributed by atoms with Gasteiger partial charge in [0, 0.05) is 36.7 Å². The van der Waals surface area contributed by atoms with E-state index in [-0.39, 0.29) is 10.7 Å².